The quantitative estimate of drug-likeness (QED) is 0.810. The summed E-state index contributed by atoms with van der Waals surface area (Å²) in [5, 5.41) is 6.49. The first-order chi connectivity index (χ1) is 8.85. The average Bonchev–Trinajstić information content (AvgIpc) is 2.90. The second kappa shape index (κ2) is 4.94. The maximum Gasteiger partial charge on any atom is 0.195 e. The van der Waals surface area contributed by atoms with E-state index in [1.54, 1.807) is 0 Å². The highest BCUT2D eigenvalue weighted by Gasteiger charge is 2.16. The molecule has 0 bridgehead atoms. The minimum atomic E-state index is 0.852. The van der Waals surface area contributed by atoms with Gasteiger partial charge in [0.1, 0.15) is 0 Å². The van der Waals surface area contributed by atoms with E-state index in [2.05, 4.69) is 38.5 Å². The monoisotopic (exact) mass is 245 g/mol. The largest absolute Gasteiger partial charge is 0.354 e. The minimum Gasteiger partial charge on any atom is -0.354 e. The lowest BCUT2D eigenvalue weighted by molar-refractivity contribution is 0.266. The van der Waals surface area contributed by atoms with Gasteiger partial charge < -0.3 is 10.6 Å². The van der Waals surface area contributed by atoms with Crippen LogP contribution in [0, 0.1) is 0 Å². The molecule has 2 aliphatic heterocycles. The van der Waals surface area contributed by atoms with Crippen molar-refractivity contribution in [2.75, 3.05) is 31.5 Å². The number of anilines is 1. The van der Waals surface area contributed by atoms with Crippen LogP contribution in [0.4, 0.5) is 5.69 Å². The number of pyridine rings is 1. The van der Waals surface area contributed by atoms with Crippen LogP contribution >= 0.6 is 0 Å². The van der Waals surface area contributed by atoms with Crippen molar-refractivity contribution in [2.24, 2.45) is 4.99 Å². The van der Waals surface area contributed by atoms with Crippen molar-refractivity contribution in [1.29, 1.82) is 0 Å². The average molecular weight is 245 g/mol. The number of hydrogen-bond acceptors (Lipinski definition) is 5. The lowest BCUT2D eigenvalue weighted by Gasteiger charge is -2.27. The lowest BCUT2D eigenvalue weighted by Crippen LogP contribution is -2.31. The number of aliphatic imine (C=N–C) groups is 1. The first-order valence-corrected chi connectivity index (χ1v) is 6.60. The molecule has 5 nitrogen and oxygen atoms in total. The van der Waals surface area contributed by atoms with Crippen LogP contribution in [-0.4, -0.2) is 42.0 Å². The predicted molar refractivity (Wildman–Crippen MR) is 72.8 cm³/mol. The zero-order valence-corrected chi connectivity index (χ0v) is 10.7. The molecule has 0 saturated heterocycles. The van der Waals surface area contributed by atoms with Crippen molar-refractivity contribution in [3.8, 4) is 0 Å². The van der Waals surface area contributed by atoms with E-state index in [-0.39, 0.29) is 0 Å². The molecule has 3 heterocycles. The normalized spacial score (nSPS) is 19.1. The Balaban J connectivity index is 1.77. The highest BCUT2D eigenvalue weighted by molar-refractivity contribution is 5.94. The Bertz CT molecular complexity index is 468. The molecule has 3 rings (SSSR count). The van der Waals surface area contributed by atoms with Crippen molar-refractivity contribution >= 4 is 11.6 Å². The summed E-state index contributed by atoms with van der Waals surface area (Å²) in [6.45, 7) is 7.21. The maximum atomic E-state index is 4.56. The molecule has 0 radical (unpaired) electrons. The van der Waals surface area contributed by atoms with E-state index in [1.165, 1.54) is 11.3 Å². The van der Waals surface area contributed by atoms with Crippen molar-refractivity contribution in [2.45, 2.75) is 19.9 Å². The molecule has 1 aromatic rings. The van der Waals surface area contributed by atoms with Crippen LogP contribution in [0.15, 0.2) is 17.3 Å². The Morgan fingerprint density at radius 2 is 2.44 bits per heavy atom. The Hall–Kier alpha value is -1.62. The number of likely N-dealkylation sites (N-methyl/N-ethyl adjacent to an activating group) is 1. The molecule has 0 fully saturated rings. The predicted octanol–water partition coefficient (Wildman–Crippen LogP) is 0.831. The number of nitrogens with one attached hydrogen (secondary N) is 2. The molecular formula is C13H19N5. The molecule has 1 aromatic heterocycles. The topological polar surface area (TPSA) is 52.6 Å². The van der Waals surface area contributed by atoms with Gasteiger partial charge in [-0.25, -0.2) is 0 Å². The molecule has 0 unspecified atom stereocenters. The summed E-state index contributed by atoms with van der Waals surface area (Å²) in [7, 11) is 0. The van der Waals surface area contributed by atoms with E-state index in [4.69, 9.17) is 0 Å². The molecule has 0 aromatic carbocycles. The molecule has 0 atom stereocenters. The summed E-state index contributed by atoms with van der Waals surface area (Å²) in [6.07, 6.45) is 2.96. The van der Waals surface area contributed by atoms with E-state index < -0.39 is 0 Å². The SMILES string of the molecule is CCN1CCc2ncc(NC3=NCCN3)cc2C1. The third-order valence-electron chi connectivity index (χ3n) is 3.50. The van der Waals surface area contributed by atoms with Gasteiger partial charge in [0.05, 0.1) is 18.4 Å². The van der Waals surface area contributed by atoms with Crippen LogP contribution in [0.1, 0.15) is 18.2 Å². The summed E-state index contributed by atoms with van der Waals surface area (Å²) < 4.78 is 0. The summed E-state index contributed by atoms with van der Waals surface area (Å²) in [5.41, 5.74) is 3.61. The van der Waals surface area contributed by atoms with Gasteiger partial charge in [-0.1, -0.05) is 6.92 Å². The van der Waals surface area contributed by atoms with Crippen LogP contribution in [0.25, 0.3) is 0 Å². The number of guanidine groups is 1. The molecule has 0 spiro atoms. The molecule has 18 heavy (non-hydrogen) atoms. The van der Waals surface area contributed by atoms with Crippen molar-refractivity contribution in [3.63, 3.8) is 0 Å². The van der Waals surface area contributed by atoms with Crippen LogP contribution in [0.2, 0.25) is 0 Å². The van der Waals surface area contributed by atoms with Crippen LogP contribution in [0.3, 0.4) is 0 Å². The summed E-state index contributed by atoms with van der Waals surface area (Å²) >= 11 is 0. The molecule has 2 N–H and O–H groups in total. The molecule has 0 saturated carbocycles. The lowest BCUT2D eigenvalue weighted by atomic mass is 10.1. The number of fused-ring (bicyclic) bond motifs is 1. The third-order valence-corrected chi connectivity index (χ3v) is 3.50. The van der Waals surface area contributed by atoms with Gasteiger partial charge in [0.25, 0.3) is 0 Å². The Morgan fingerprint density at radius 3 is 3.22 bits per heavy atom. The first kappa shape index (κ1) is 11.5. The smallest absolute Gasteiger partial charge is 0.195 e. The van der Waals surface area contributed by atoms with E-state index >= 15 is 0 Å². The fraction of sp³-hybridized carbons (Fsp3) is 0.538. The Morgan fingerprint density at radius 1 is 1.50 bits per heavy atom. The standard InChI is InChI=1S/C13H19N5/c1-2-18-6-3-12-10(9-18)7-11(8-16-12)17-13-14-4-5-15-13/h7-8H,2-6,9H2,1H3,(H2,14,15,17). The number of aromatic nitrogens is 1. The molecule has 5 heteroatoms. The maximum absolute atomic E-state index is 4.56. The first-order valence-electron chi connectivity index (χ1n) is 6.60. The van der Waals surface area contributed by atoms with Gasteiger partial charge in [-0.05, 0) is 18.2 Å². The van der Waals surface area contributed by atoms with Gasteiger partial charge in [-0.15, -0.1) is 0 Å². The second-order valence-electron chi connectivity index (χ2n) is 4.73. The van der Waals surface area contributed by atoms with Crippen LogP contribution < -0.4 is 10.6 Å². The molecule has 0 aliphatic carbocycles. The van der Waals surface area contributed by atoms with Gasteiger partial charge in [0.2, 0.25) is 0 Å². The Labute approximate surface area is 107 Å². The number of nitrogens with zero attached hydrogens (tertiary/aromatic N) is 3. The fourth-order valence-electron chi connectivity index (χ4n) is 2.44. The zero-order chi connectivity index (χ0) is 12.4. The van der Waals surface area contributed by atoms with Gasteiger partial charge in [-0.2, -0.15) is 0 Å². The van der Waals surface area contributed by atoms with Crippen molar-refractivity contribution in [3.05, 3.63) is 23.5 Å². The van der Waals surface area contributed by atoms with E-state index in [0.717, 1.165) is 50.8 Å². The van der Waals surface area contributed by atoms with Crippen molar-refractivity contribution < 1.29 is 0 Å². The van der Waals surface area contributed by atoms with Crippen LogP contribution in [0.5, 0.6) is 0 Å². The molecule has 96 valence electrons. The minimum absolute atomic E-state index is 0.852. The molecule has 2 aliphatic rings. The summed E-state index contributed by atoms with van der Waals surface area (Å²) in [4.78, 5) is 11.3. The number of hydrogen-bond donors (Lipinski definition) is 2. The van der Waals surface area contributed by atoms with Gasteiger partial charge in [0, 0.05) is 31.7 Å². The Kier molecular flexibility index (Phi) is 3.15. The zero-order valence-electron chi connectivity index (χ0n) is 10.7. The summed E-state index contributed by atoms with van der Waals surface area (Å²) in [6, 6.07) is 2.20. The number of rotatable bonds is 2. The van der Waals surface area contributed by atoms with Gasteiger partial charge in [0.15, 0.2) is 5.96 Å². The highest BCUT2D eigenvalue weighted by atomic mass is 15.2. The fourth-order valence-corrected chi connectivity index (χ4v) is 2.44. The third kappa shape index (κ3) is 2.31. The second-order valence-corrected chi connectivity index (χ2v) is 4.73. The van der Waals surface area contributed by atoms with E-state index in [9.17, 15) is 0 Å². The molecule has 0 amide bonds. The van der Waals surface area contributed by atoms with Gasteiger partial charge >= 0.3 is 0 Å². The van der Waals surface area contributed by atoms with Crippen molar-refractivity contribution in [1.82, 2.24) is 15.2 Å². The highest BCUT2D eigenvalue weighted by Crippen LogP contribution is 2.20. The van der Waals surface area contributed by atoms with Gasteiger partial charge in [-0.3, -0.25) is 14.9 Å². The summed E-state index contributed by atoms with van der Waals surface area (Å²) in [5.74, 6) is 0.861. The van der Waals surface area contributed by atoms with Crippen LogP contribution in [-0.2, 0) is 13.0 Å². The van der Waals surface area contributed by atoms with E-state index in [0.29, 0.717) is 0 Å². The van der Waals surface area contributed by atoms with E-state index in [1.807, 2.05) is 6.20 Å². The molecular weight excluding hydrogens is 226 g/mol.